The summed E-state index contributed by atoms with van der Waals surface area (Å²) < 4.78 is 5.81. The van der Waals surface area contributed by atoms with E-state index in [1.807, 2.05) is 18.2 Å². The number of nitrogens with one attached hydrogen (secondary N) is 1. The number of aromatic carboxylic acids is 1. The predicted octanol–water partition coefficient (Wildman–Crippen LogP) is 4.66. The normalized spacial score (nSPS) is 10.3. The van der Waals surface area contributed by atoms with E-state index < -0.39 is 5.97 Å². The maximum absolute atomic E-state index is 11.0. The number of carboxylic acids is 1. The summed E-state index contributed by atoms with van der Waals surface area (Å²) in [5.41, 5.74) is 3.49. The fourth-order valence-corrected chi connectivity index (χ4v) is 2.47. The first-order valence-corrected chi connectivity index (χ1v) is 7.80. The first-order chi connectivity index (χ1) is 11.6. The van der Waals surface area contributed by atoms with Crippen molar-refractivity contribution in [2.75, 3.05) is 0 Å². The molecule has 3 rings (SSSR count). The van der Waals surface area contributed by atoms with Crippen LogP contribution in [0, 0.1) is 6.92 Å². The second-order valence-electron chi connectivity index (χ2n) is 5.74. The van der Waals surface area contributed by atoms with Crippen molar-refractivity contribution >= 4 is 18.4 Å². The Balaban J connectivity index is 0.00000225. The van der Waals surface area contributed by atoms with Gasteiger partial charge in [0.15, 0.2) is 0 Å². The Bertz CT molecular complexity index is 840. The molecule has 25 heavy (non-hydrogen) atoms. The van der Waals surface area contributed by atoms with Crippen molar-refractivity contribution in [3.05, 3.63) is 83.1 Å². The predicted molar refractivity (Wildman–Crippen MR) is 100 cm³/mol. The van der Waals surface area contributed by atoms with Gasteiger partial charge in [0.05, 0.1) is 12.1 Å². The summed E-state index contributed by atoms with van der Waals surface area (Å²) in [6.45, 7) is 3.46. The Kier molecular flexibility index (Phi) is 6.39. The molecular weight excluding hydrogens is 338 g/mol. The van der Waals surface area contributed by atoms with Gasteiger partial charge in [-0.25, -0.2) is 4.79 Å². The van der Waals surface area contributed by atoms with E-state index in [1.54, 1.807) is 18.2 Å². The van der Waals surface area contributed by atoms with Gasteiger partial charge in [-0.3, -0.25) is 0 Å². The Hall–Kier alpha value is -2.56. The van der Waals surface area contributed by atoms with Crippen molar-refractivity contribution in [1.29, 1.82) is 0 Å². The molecule has 0 spiro atoms. The Labute approximate surface area is 152 Å². The zero-order valence-corrected chi connectivity index (χ0v) is 14.7. The van der Waals surface area contributed by atoms with Crippen LogP contribution in [0.15, 0.2) is 65.1 Å². The van der Waals surface area contributed by atoms with Crippen LogP contribution < -0.4 is 5.32 Å². The summed E-state index contributed by atoms with van der Waals surface area (Å²) in [6.07, 6.45) is 0. The lowest BCUT2D eigenvalue weighted by Gasteiger charge is -2.04. The smallest absolute Gasteiger partial charge is 0.335 e. The summed E-state index contributed by atoms with van der Waals surface area (Å²) in [5, 5.41) is 12.4. The lowest BCUT2D eigenvalue weighted by molar-refractivity contribution is 0.0697. The molecule has 5 heteroatoms. The topological polar surface area (TPSA) is 62.5 Å². The van der Waals surface area contributed by atoms with Crippen LogP contribution in [0.25, 0.3) is 11.3 Å². The Morgan fingerprint density at radius 3 is 2.52 bits per heavy atom. The maximum Gasteiger partial charge on any atom is 0.335 e. The van der Waals surface area contributed by atoms with Gasteiger partial charge in [-0.05, 0) is 36.8 Å². The quantitative estimate of drug-likeness (QED) is 0.673. The number of furan rings is 1. The van der Waals surface area contributed by atoms with E-state index in [0.29, 0.717) is 12.3 Å². The second-order valence-corrected chi connectivity index (χ2v) is 5.74. The summed E-state index contributed by atoms with van der Waals surface area (Å²) >= 11 is 0. The van der Waals surface area contributed by atoms with Crippen LogP contribution in [-0.4, -0.2) is 11.1 Å². The minimum absolute atomic E-state index is 0. The molecule has 2 N–H and O–H groups in total. The highest BCUT2D eigenvalue weighted by atomic mass is 35.5. The van der Waals surface area contributed by atoms with Crippen molar-refractivity contribution in [1.82, 2.24) is 5.32 Å². The van der Waals surface area contributed by atoms with Gasteiger partial charge in [0.2, 0.25) is 0 Å². The number of rotatable bonds is 6. The number of aryl methyl sites for hydroxylation is 1. The third-order valence-corrected chi connectivity index (χ3v) is 3.80. The van der Waals surface area contributed by atoms with Crippen LogP contribution >= 0.6 is 12.4 Å². The number of benzene rings is 2. The first-order valence-electron chi connectivity index (χ1n) is 7.80. The molecule has 3 aromatic rings. The van der Waals surface area contributed by atoms with Crippen LogP contribution in [0.3, 0.4) is 0 Å². The van der Waals surface area contributed by atoms with Gasteiger partial charge < -0.3 is 14.8 Å². The Morgan fingerprint density at radius 1 is 1.04 bits per heavy atom. The van der Waals surface area contributed by atoms with E-state index in [2.05, 4.69) is 36.5 Å². The summed E-state index contributed by atoms with van der Waals surface area (Å²) in [6, 6.07) is 18.9. The molecule has 2 aromatic carbocycles. The summed E-state index contributed by atoms with van der Waals surface area (Å²) in [4.78, 5) is 11.0. The largest absolute Gasteiger partial charge is 0.478 e. The fraction of sp³-hybridized carbons (Fsp3) is 0.150. The highest BCUT2D eigenvalue weighted by molar-refractivity contribution is 5.89. The van der Waals surface area contributed by atoms with Gasteiger partial charge >= 0.3 is 5.97 Å². The minimum atomic E-state index is -0.941. The molecule has 0 aliphatic heterocycles. The summed E-state index contributed by atoms with van der Waals surface area (Å²) in [5.74, 6) is 0.548. The average Bonchev–Trinajstić information content (AvgIpc) is 3.06. The molecule has 0 unspecified atom stereocenters. The van der Waals surface area contributed by atoms with E-state index in [-0.39, 0.29) is 18.0 Å². The monoisotopic (exact) mass is 357 g/mol. The van der Waals surface area contributed by atoms with E-state index in [1.165, 1.54) is 11.1 Å². The van der Waals surface area contributed by atoms with Gasteiger partial charge in [-0.15, -0.1) is 12.4 Å². The van der Waals surface area contributed by atoms with Crippen molar-refractivity contribution in [3.8, 4) is 11.3 Å². The Morgan fingerprint density at radius 2 is 1.80 bits per heavy atom. The number of hydrogen-bond acceptors (Lipinski definition) is 3. The van der Waals surface area contributed by atoms with Gasteiger partial charge in [0.25, 0.3) is 0 Å². The average molecular weight is 358 g/mol. The molecule has 4 nitrogen and oxygen atoms in total. The SMILES string of the molecule is Cc1ccc(CNCc2ccc(-c3cccc(C(=O)O)c3)o2)cc1.Cl. The van der Waals surface area contributed by atoms with Crippen LogP contribution in [-0.2, 0) is 13.1 Å². The van der Waals surface area contributed by atoms with Crippen molar-refractivity contribution in [2.24, 2.45) is 0 Å². The van der Waals surface area contributed by atoms with Crippen LogP contribution in [0.5, 0.6) is 0 Å². The molecule has 0 bridgehead atoms. The number of halogens is 1. The number of hydrogen-bond donors (Lipinski definition) is 2. The highest BCUT2D eigenvalue weighted by Crippen LogP contribution is 2.23. The molecule has 0 fully saturated rings. The molecular formula is C20H20ClNO3. The van der Waals surface area contributed by atoms with Crippen molar-refractivity contribution in [3.63, 3.8) is 0 Å². The standard InChI is InChI=1S/C20H19NO3.ClH/c1-14-5-7-15(8-6-14)12-21-13-18-9-10-19(24-18)16-3-2-4-17(11-16)20(22)23;/h2-11,21H,12-13H2,1H3,(H,22,23);1H. The van der Waals surface area contributed by atoms with Crippen molar-refractivity contribution < 1.29 is 14.3 Å². The van der Waals surface area contributed by atoms with Crippen LogP contribution in [0.2, 0.25) is 0 Å². The van der Waals surface area contributed by atoms with Gasteiger partial charge in [0, 0.05) is 12.1 Å². The molecule has 130 valence electrons. The molecule has 1 heterocycles. The maximum atomic E-state index is 11.0. The lowest BCUT2D eigenvalue weighted by atomic mass is 10.1. The lowest BCUT2D eigenvalue weighted by Crippen LogP contribution is -2.11. The van der Waals surface area contributed by atoms with Crippen LogP contribution in [0.4, 0.5) is 0 Å². The van der Waals surface area contributed by atoms with Crippen LogP contribution in [0.1, 0.15) is 27.2 Å². The number of carbonyl (C=O) groups is 1. The van der Waals surface area contributed by atoms with E-state index in [9.17, 15) is 4.79 Å². The van der Waals surface area contributed by atoms with E-state index >= 15 is 0 Å². The third kappa shape index (κ3) is 4.95. The second kappa shape index (κ2) is 8.51. The first kappa shape index (κ1) is 18.8. The molecule has 0 saturated carbocycles. The highest BCUT2D eigenvalue weighted by Gasteiger charge is 2.08. The van der Waals surface area contributed by atoms with Gasteiger partial charge in [0.1, 0.15) is 11.5 Å². The molecule has 0 aliphatic rings. The molecule has 0 saturated heterocycles. The molecule has 0 aliphatic carbocycles. The number of carboxylic acid groups (broad SMARTS) is 1. The summed E-state index contributed by atoms with van der Waals surface area (Å²) in [7, 11) is 0. The zero-order chi connectivity index (χ0) is 16.9. The third-order valence-electron chi connectivity index (χ3n) is 3.80. The molecule has 0 amide bonds. The van der Waals surface area contributed by atoms with Crippen molar-refractivity contribution in [2.45, 2.75) is 20.0 Å². The van der Waals surface area contributed by atoms with Gasteiger partial charge in [-0.2, -0.15) is 0 Å². The zero-order valence-electron chi connectivity index (χ0n) is 13.9. The molecule has 0 radical (unpaired) electrons. The van der Waals surface area contributed by atoms with E-state index in [4.69, 9.17) is 9.52 Å². The van der Waals surface area contributed by atoms with Gasteiger partial charge in [-0.1, -0.05) is 42.0 Å². The molecule has 1 aromatic heterocycles. The van der Waals surface area contributed by atoms with E-state index in [0.717, 1.165) is 17.9 Å². The molecule has 0 atom stereocenters. The minimum Gasteiger partial charge on any atom is -0.478 e. The fourth-order valence-electron chi connectivity index (χ4n) is 2.47.